The van der Waals surface area contributed by atoms with Gasteiger partial charge in [-0.15, -0.1) is 0 Å². The van der Waals surface area contributed by atoms with E-state index in [4.69, 9.17) is 15.0 Å². The fourth-order valence-corrected chi connectivity index (χ4v) is 1.24. The Morgan fingerprint density at radius 3 is 2.87 bits per heavy atom. The summed E-state index contributed by atoms with van der Waals surface area (Å²) >= 11 is 0. The van der Waals surface area contributed by atoms with E-state index in [0.717, 1.165) is 32.2 Å². The molecule has 0 radical (unpaired) electrons. The first-order chi connectivity index (χ1) is 7.27. The maximum atomic E-state index is 5.40. The van der Waals surface area contributed by atoms with Gasteiger partial charge in [0.15, 0.2) is 5.82 Å². The van der Waals surface area contributed by atoms with Crippen LogP contribution in [0.3, 0.4) is 0 Å². The zero-order valence-corrected chi connectivity index (χ0v) is 9.40. The topological polar surface area (TPSA) is 74.2 Å². The van der Waals surface area contributed by atoms with Crippen molar-refractivity contribution in [3.05, 3.63) is 11.7 Å². The van der Waals surface area contributed by atoms with Gasteiger partial charge in [-0.3, -0.25) is 0 Å². The van der Waals surface area contributed by atoms with Crippen molar-refractivity contribution in [3.8, 4) is 0 Å². The van der Waals surface area contributed by atoms with Crippen LogP contribution in [0.25, 0.3) is 0 Å². The van der Waals surface area contributed by atoms with Crippen LogP contribution < -0.4 is 5.73 Å². The molecule has 0 spiro atoms. The molecule has 2 N–H and O–H groups in total. The van der Waals surface area contributed by atoms with E-state index in [1.54, 1.807) is 7.11 Å². The van der Waals surface area contributed by atoms with Gasteiger partial charge in [-0.05, 0) is 26.3 Å². The van der Waals surface area contributed by atoms with E-state index >= 15 is 0 Å². The molecule has 0 aromatic carbocycles. The smallest absolute Gasteiger partial charge is 0.226 e. The van der Waals surface area contributed by atoms with Gasteiger partial charge in [0.1, 0.15) is 6.10 Å². The molecule has 0 aliphatic rings. The van der Waals surface area contributed by atoms with Crippen LogP contribution in [0, 0.1) is 0 Å². The molecule has 1 aromatic rings. The highest BCUT2D eigenvalue weighted by molar-refractivity contribution is 4.89. The normalized spacial score (nSPS) is 13.0. The van der Waals surface area contributed by atoms with Gasteiger partial charge in [-0.25, -0.2) is 0 Å². The Balaban J connectivity index is 2.33. The van der Waals surface area contributed by atoms with E-state index in [-0.39, 0.29) is 6.10 Å². The lowest BCUT2D eigenvalue weighted by Gasteiger charge is -2.00. The number of unbranched alkanes of at least 4 members (excludes halogenated alkanes) is 2. The van der Waals surface area contributed by atoms with Crippen molar-refractivity contribution in [2.24, 2.45) is 5.73 Å². The summed E-state index contributed by atoms with van der Waals surface area (Å²) in [6, 6.07) is 0. The lowest BCUT2D eigenvalue weighted by molar-refractivity contribution is 0.109. The molecular formula is C10H19N3O2. The van der Waals surface area contributed by atoms with Gasteiger partial charge in [0.05, 0.1) is 0 Å². The molecular weight excluding hydrogens is 194 g/mol. The average Bonchev–Trinajstić information content (AvgIpc) is 2.72. The molecule has 1 rings (SSSR count). The molecule has 0 aliphatic carbocycles. The standard InChI is InChI=1S/C10H19N3O2/c1-8(14-2)10-12-9(15-13-10)6-4-3-5-7-11/h8H,3-7,11H2,1-2H3. The van der Waals surface area contributed by atoms with Crippen molar-refractivity contribution in [2.75, 3.05) is 13.7 Å². The summed E-state index contributed by atoms with van der Waals surface area (Å²) in [4.78, 5) is 4.24. The summed E-state index contributed by atoms with van der Waals surface area (Å²) in [5.74, 6) is 1.30. The molecule has 86 valence electrons. The average molecular weight is 213 g/mol. The van der Waals surface area contributed by atoms with Crippen molar-refractivity contribution in [2.45, 2.75) is 38.7 Å². The zero-order valence-electron chi connectivity index (χ0n) is 9.40. The van der Waals surface area contributed by atoms with Crippen molar-refractivity contribution in [3.63, 3.8) is 0 Å². The molecule has 0 fully saturated rings. The van der Waals surface area contributed by atoms with E-state index < -0.39 is 0 Å². The number of rotatable bonds is 7. The summed E-state index contributed by atoms with van der Waals surface area (Å²) in [6.45, 7) is 2.64. The zero-order chi connectivity index (χ0) is 11.1. The first-order valence-electron chi connectivity index (χ1n) is 5.33. The monoisotopic (exact) mass is 213 g/mol. The first kappa shape index (κ1) is 12.1. The lowest BCUT2D eigenvalue weighted by Crippen LogP contribution is -1.99. The van der Waals surface area contributed by atoms with Crippen molar-refractivity contribution < 1.29 is 9.26 Å². The minimum atomic E-state index is -0.105. The molecule has 15 heavy (non-hydrogen) atoms. The van der Waals surface area contributed by atoms with Crippen LogP contribution in [0.1, 0.15) is 44.0 Å². The summed E-state index contributed by atoms with van der Waals surface area (Å²) < 4.78 is 10.2. The van der Waals surface area contributed by atoms with Crippen molar-refractivity contribution in [1.82, 2.24) is 10.1 Å². The molecule has 0 amide bonds. The summed E-state index contributed by atoms with van der Waals surface area (Å²) in [7, 11) is 1.63. The molecule has 0 saturated heterocycles. The fourth-order valence-electron chi connectivity index (χ4n) is 1.24. The van der Waals surface area contributed by atoms with Crippen LogP contribution in [0.4, 0.5) is 0 Å². The third-order valence-corrected chi connectivity index (χ3v) is 2.30. The number of ether oxygens (including phenoxy) is 1. The Morgan fingerprint density at radius 2 is 2.20 bits per heavy atom. The van der Waals surface area contributed by atoms with Crippen LogP contribution >= 0.6 is 0 Å². The number of hydrogen-bond donors (Lipinski definition) is 1. The number of nitrogens with two attached hydrogens (primary N) is 1. The first-order valence-corrected chi connectivity index (χ1v) is 5.33. The molecule has 5 nitrogen and oxygen atoms in total. The van der Waals surface area contributed by atoms with Crippen LogP contribution in [-0.4, -0.2) is 23.8 Å². The maximum Gasteiger partial charge on any atom is 0.226 e. The van der Waals surface area contributed by atoms with Gasteiger partial charge < -0.3 is 15.0 Å². The van der Waals surface area contributed by atoms with Crippen molar-refractivity contribution >= 4 is 0 Å². The Hall–Kier alpha value is -0.940. The minimum absolute atomic E-state index is 0.105. The van der Waals surface area contributed by atoms with E-state index in [1.165, 1.54) is 0 Å². The number of methoxy groups -OCH3 is 1. The van der Waals surface area contributed by atoms with Gasteiger partial charge in [0.25, 0.3) is 0 Å². The summed E-state index contributed by atoms with van der Waals surface area (Å²) in [5, 5.41) is 3.85. The Kier molecular flexibility index (Phi) is 5.28. The Labute approximate surface area is 90.0 Å². The van der Waals surface area contributed by atoms with Crippen LogP contribution in [0.2, 0.25) is 0 Å². The molecule has 1 atom stereocenters. The lowest BCUT2D eigenvalue weighted by atomic mass is 10.2. The van der Waals surface area contributed by atoms with Gasteiger partial charge in [0, 0.05) is 13.5 Å². The highest BCUT2D eigenvalue weighted by Crippen LogP contribution is 2.12. The Bertz CT molecular complexity index is 275. The van der Waals surface area contributed by atoms with Crippen LogP contribution in [-0.2, 0) is 11.2 Å². The quantitative estimate of drug-likeness (QED) is 0.694. The predicted molar refractivity (Wildman–Crippen MR) is 56.3 cm³/mol. The summed E-state index contributed by atoms with van der Waals surface area (Å²) in [5.41, 5.74) is 5.40. The van der Waals surface area contributed by atoms with E-state index in [9.17, 15) is 0 Å². The molecule has 0 aliphatic heterocycles. The number of nitrogens with zero attached hydrogens (tertiary/aromatic N) is 2. The maximum absolute atomic E-state index is 5.40. The van der Waals surface area contributed by atoms with Gasteiger partial charge in [-0.1, -0.05) is 11.6 Å². The van der Waals surface area contributed by atoms with Gasteiger partial charge >= 0.3 is 0 Å². The van der Waals surface area contributed by atoms with E-state index in [1.807, 2.05) is 6.92 Å². The van der Waals surface area contributed by atoms with Crippen LogP contribution in [0.5, 0.6) is 0 Å². The SMILES string of the molecule is COC(C)c1noc(CCCCCN)n1. The molecule has 0 bridgehead atoms. The highest BCUT2D eigenvalue weighted by atomic mass is 16.5. The fraction of sp³-hybridized carbons (Fsp3) is 0.800. The van der Waals surface area contributed by atoms with E-state index in [0.29, 0.717) is 11.7 Å². The number of hydrogen-bond acceptors (Lipinski definition) is 5. The van der Waals surface area contributed by atoms with Gasteiger partial charge in [0.2, 0.25) is 5.89 Å². The largest absolute Gasteiger partial charge is 0.374 e. The molecule has 1 aromatic heterocycles. The molecule has 5 heteroatoms. The summed E-state index contributed by atoms with van der Waals surface area (Å²) in [6.07, 6.45) is 3.92. The molecule has 1 heterocycles. The van der Waals surface area contributed by atoms with Gasteiger partial charge in [-0.2, -0.15) is 4.98 Å². The van der Waals surface area contributed by atoms with Crippen LogP contribution in [0.15, 0.2) is 4.52 Å². The molecule has 0 saturated carbocycles. The number of aryl methyl sites for hydroxylation is 1. The second-order valence-corrected chi connectivity index (χ2v) is 3.52. The molecule has 1 unspecified atom stereocenters. The third kappa shape index (κ3) is 3.97. The van der Waals surface area contributed by atoms with Crippen molar-refractivity contribution in [1.29, 1.82) is 0 Å². The minimum Gasteiger partial charge on any atom is -0.374 e. The van der Waals surface area contributed by atoms with E-state index in [2.05, 4.69) is 10.1 Å². The second-order valence-electron chi connectivity index (χ2n) is 3.52. The third-order valence-electron chi connectivity index (χ3n) is 2.30. The Morgan fingerprint density at radius 1 is 1.40 bits per heavy atom. The number of aromatic nitrogens is 2. The predicted octanol–water partition coefficient (Wildman–Crippen LogP) is 1.45. The second kappa shape index (κ2) is 6.53. The highest BCUT2D eigenvalue weighted by Gasteiger charge is 2.12.